The van der Waals surface area contributed by atoms with Crippen LogP contribution in [0.5, 0.6) is 5.75 Å². The van der Waals surface area contributed by atoms with Crippen molar-refractivity contribution >= 4 is 11.9 Å². The molecule has 0 aliphatic rings. The fraction of sp³-hybridized carbons (Fsp3) is 0.308. The van der Waals surface area contributed by atoms with Crippen LogP contribution in [-0.2, 0) is 14.3 Å². The molecule has 0 saturated carbocycles. The molecule has 1 N–H and O–H groups in total. The lowest BCUT2D eigenvalue weighted by Crippen LogP contribution is -2.31. The van der Waals surface area contributed by atoms with E-state index in [1.54, 1.807) is 6.92 Å². The molecular weight excluding hydrogens is 250 g/mol. The number of carboxylic acid groups (broad SMARTS) is 1. The lowest BCUT2D eigenvalue weighted by Gasteiger charge is -2.12. The fourth-order valence-electron chi connectivity index (χ4n) is 1.29. The highest BCUT2D eigenvalue weighted by Gasteiger charge is 2.28. The fourth-order valence-corrected chi connectivity index (χ4v) is 1.29. The smallest absolute Gasteiger partial charge is 0.323 e. The van der Waals surface area contributed by atoms with Crippen molar-refractivity contribution in [3.63, 3.8) is 0 Å². The van der Waals surface area contributed by atoms with Crippen LogP contribution in [0.1, 0.15) is 12.5 Å². The molecule has 6 heteroatoms. The van der Waals surface area contributed by atoms with E-state index in [2.05, 4.69) is 4.74 Å². The van der Waals surface area contributed by atoms with Gasteiger partial charge in [0, 0.05) is 0 Å². The number of rotatable bonds is 6. The number of aliphatic carboxylic acids is 1. The van der Waals surface area contributed by atoms with E-state index in [0.717, 1.165) is 0 Å². The summed E-state index contributed by atoms with van der Waals surface area (Å²) in [5.41, 5.74) is 0.465. The minimum atomic E-state index is -1.37. The Balaban J connectivity index is 2.63. The van der Waals surface area contributed by atoms with E-state index in [4.69, 9.17) is 15.1 Å². The van der Waals surface area contributed by atoms with Crippen LogP contribution in [0.4, 0.5) is 0 Å². The van der Waals surface area contributed by atoms with Crippen LogP contribution in [0.25, 0.3) is 0 Å². The SMILES string of the molecule is CCOC(=O)C(COc1ccc(C#N)cc1)C(=O)O. The van der Waals surface area contributed by atoms with Gasteiger partial charge in [-0.3, -0.25) is 9.59 Å². The predicted octanol–water partition coefficient (Wildman–Crippen LogP) is 1.20. The topological polar surface area (TPSA) is 96.6 Å². The van der Waals surface area contributed by atoms with Crippen LogP contribution < -0.4 is 4.74 Å². The molecule has 1 aromatic carbocycles. The Hall–Kier alpha value is -2.55. The van der Waals surface area contributed by atoms with E-state index < -0.39 is 17.9 Å². The summed E-state index contributed by atoms with van der Waals surface area (Å²) in [4.78, 5) is 22.3. The molecule has 0 radical (unpaired) electrons. The van der Waals surface area contributed by atoms with Gasteiger partial charge in [-0.05, 0) is 31.2 Å². The summed E-state index contributed by atoms with van der Waals surface area (Å²) in [7, 11) is 0. The highest BCUT2D eigenvalue weighted by atomic mass is 16.5. The summed E-state index contributed by atoms with van der Waals surface area (Å²) in [5.74, 6) is -3.11. The molecule has 0 spiro atoms. The summed E-state index contributed by atoms with van der Waals surface area (Å²) >= 11 is 0. The molecule has 0 aliphatic heterocycles. The third-order valence-corrected chi connectivity index (χ3v) is 2.27. The Morgan fingerprint density at radius 1 is 1.37 bits per heavy atom. The standard InChI is InChI=1S/C13H13NO5/c1-2-18-13(17)11(12(15)16)8-19-10-5-3-9(7-14)4-6-10/h3-6,11H,2,8H2,1H3,(H,15,16). The van der Waals surface area contributed by atoms with Crippen molar-refractivity contribution in [2.24, 2.45) is 5.92 Å². The van der Waals surface area contributed by atoms with Gasteiger partial charge in [0.25, 0.3) is 0 Å². The summed E-state index contributed by atoms with van der Waals surface area (Å²) in [6.45, 7) is 1.39. The monoisotopic (exact) mass is 263 g/mol. The number of carboxylic acids is 1. The first-order valence-corrected chi connectivity index (χ1v) is 5.61. The number of esters is 1. The maximum Gasteiger partial charge on any atom is 0.323 e. The second-order valence-corrected chi connectivity index (χ2v) is 3.59. The molecule has 1 rings (SSSR count). The van der Waals surface area contributed by atoms with Gasteiger partial charge in [0.2, 0.25) is 0 Å². The minimum Gasteiger partial charge on any atom is -0.492 e. The number of nitrogens with zero attached hydrogens (tertiary/aromatic N) is 1. The number of hydrogen-bond donors (Lipinski definition) is 1. The van der Waals surface area contributed by atoms with E-state index in [1.165, 1.54) is 24.3 Å². The summed E-state index contributed by atoms with van der Waals surface area (Å²) in [6, 6.07) is 8.08. The van der Waals surface area contributed by atoms with Gasteiger partial charge < -0.3 is 14.6 Å². The van der Waals surface area contributed by atoms with Crippen LogP contribution in [-0.4, -0.2) is 30.3 Å². The summed E-state index contributed by atoms with van der Waals surface area (Å²) < 4.78 is 9.85. The number of ether oxygens (including phenoxy) is 2. The molecule has 0 saturated heterocycles. The van der Waals surface area contributed by atoms with Crippen LogP contribution in [0.15, 0.2) is 24.3 Å². The Labute approximate surface area is 110 Å². The van der Waals surface area contributed by atoms with Gasteiger partial charge in [-0.25, -0.2) is 0 Å². The molecule has 100 valence electrons. The molecule has 1 atom stereocenters. The summed E-state index contributed by atoms with van der Waals surface area (Å²) in [6.07, 6.45) is 0. The lowest BCUT2D eigenvalue weighted by molar-refractivity contribution is -0.159. The van der Waals surface area contributed by atoms with Crippen molar-refractivity contribution in [2.75, 3.05) is 13.2 Å². The maximum atomic E-state index is 11.4. The molecule has 19 heavy (non-hydrogen) atoms. The van der Waals surface area contributed by atoms with E-state index in [9.17, 15) is 9.59 Å². The zero-order valence-corrected chi connectivity index (χ0v) is 10.3. The van der Waals surface area contributed by atoms with Gasteiger partial charge in [0.1, 0.15) is 12.4 Å². The first-order chi connectivity index (χ1) is 9.08. The molecule has 0 bridgehead atoms. The van der Waals surface area contributed by atoms with Crippen molar-refractivity contribution in [2.45, 2.75) is 6.92 Å². The molecule has 1 unspecified atom stereocenters. The van der Waals surface area contributed by atoms with Gasteiger partial charge in [-0.2, -0.15) is 5.26 Å². The van der Waals surface area contributed by atoms with Crippen LogP contribution in [0.2, 0.25) is 0 Å². The number of carbonyl (C=O) groups excluding carboxylic acids is 1. The van der Waals surface area contributed by atoms with Gasteiger partial charge in [-0.15, -0.1) is 0 Å². The molecule has 1 aromatic rings. The van der Waals surface area contributed by atoms with Gasteiger partial charge in [-0.1, -0.05) is 0 Å². The first-order valence-electron chi connectivity index (χ1n) is 5.61. The second kappa shape index (κ2) is 7.01. The predicted molar refractivity (Wildman–Crippen MR) is 64.4 cm³/mol. The zero-order valence-electron chi connectivity index (χ0n) is 10.3. The molecule has 6 nitrogen and oxygen atoms in total. The molecule has 0 amide bonds. The minimum absolute atomic E-state index is 0.111. The van der Waals surface area contributed by atoms with Crippen molar-refractivity contribution in [1.82, 2.24) is 0 Å². The number of carbonyl (C=O) groups is 2. The van der Waals surface area contributed by atoms with Gasteiger partial charge in [0.05, 0.1) is 18.2 Å². The van der Waals surface area contributed by atoms with Crippen molar-refractivity contribution in [3.8, 4) is 11.8 Å². The average Bonchev–Trinajstić information content (AvgIpc) is 2.39. The Bertz CT molecular complexity index is 489. The van der Waals surface area contributed by atoms with E-state index in [0.29, 0.717) is 11.3 Å². The number of nitriles is 1. The normalized spacial score (nSPS) is 11.2. The quantitative estimate of drug-likeness (QED) is 0.612. The van der Waals surface area contributed by atoms with Gasteiger partial charge >= 0.3 is 11.9 Å². The molecular formula is C13H13NO5. The van der Waals surface area contributed by atoms with Crippen molar-refractivity contribution in [1.29, 1.82) is 5.26 Å². The van der Waals surface area contributed by atoms with E-state index in [-0.39, 0.29) is 13.2 Å². The first kappa shape index (κ1) is 14.5. The maximum absolute atomic E-state index is 11.4. The second-order valence-electron chi connectivity index (χ2n) is 3.59. The Kier molecular flexibility index (Phi) is 5.35. The molecule has 0 fully saturated rings. The number of hydrogen-bond acceptors (Lipinski definition) is 5. The van der Waals surface area contributed by atoms with Crippen LogP contribution >= 0.6 is 0 Å². The Morgan fingerprint density at radius 2 is 2.00 bits per heavy atom. The Morgan fingerprint density at radius 3 is 2.47 bits per heavy atom. The van der Waals surface area contributed by atoms with Crippen molar-refractivity contribution < 1.29 is 24.2 Å². The third kappa shape index (κ3) is 4.32. The zero-order chi connectivity index (χ0) is 14.3. The lowest BCUT2D eigenvalue weighted by atomic mass is 10.1. The van der Waals surface area contributed by atoms with E-state index >= 15 is 0 Å². The van der Waals surface area contributed by atoms with Crippen LogP contribution in [0.3, 0.4) is 0 Å². The average molecular weight is 263 g/mol. The molecule has 0 heterocycles. The largest absolute Gasteiger partial charge is 0.492 e. The number of benzene rings is 1. The van der Waals surface area contributed by atoms with Gasteiger partial charge in [0.15, 0.2) is 5.92 Å². The highest BCUT2D eigenvalue weighted by molar-refractivity contribution is 5.94. The molecule has 0 aliphatic carbocycles. The third-order valence-electron chi connectivity index (χ3n) is 2.27. The van der Waals surface area contributed by atoms with E-state index in [1.807, 2.05) is 6.07 Å². The van der Waals surface area contributed by atoms with Crippen LogP contribution in [0, 0.1) is 17.2 Å². The highest BCUT2D eigenvalue weighted by Crippen LogP contribution is 2.13. The molecule has 0 aromatic heterocycles. The summed E-state index contributed by atoms with van der Waals surface area (Å²) in [5, 5.41) is 17.5. The van der Waals surface area contributed by atoms with Crippen molar-refractivity contribution in [3.05, 3.63) is 29.8 Å².